The molecule has 0 radical (unpaired) electrons. The van der Waals surface area contributed by atoms with Gasteiger partial charge in [0.2, 0.25) is 5.90 Å². The molecule has 0 aliphatic carbocycles. The van der Waals surface area contributed by atoms with Crippen molar-refractivity contribution in [2.45, 2.75) is 24.9 Å². The van der Waals surface area contributed by atoms with Crippen molar-refractivity contribution >= 4 is 27.7 Å². The van der Waals surface area contributed by atoms with Crippen LogP contribution in [0.3, 0.4) is 0 Å². The van der Waals surface area contributed by atoms with Gasteiger partial charge in [0.25, 0.3) is 5.91 Å². The van der Waals surface area contributed by atoms with Crippen LogP contribution in [-0.2, 0) is 22.5 Å². The second-order valence-electron chi connectivity index (χ2n) is 8.51. The van der Waals surface area contributed by atoms with E-state index in [0.29, 0.717) is 35.8 Å². The van der Waals surface area contributed by atoms with Crippen molar-refractivity contribution in [3.63, 3.8) is 0 Å². The van der Waals surface area contributed by atoms with E-state index in [2.05, 4.69) is 26.8 Å². The Morgan fingerprint density at radius 2 is 1.89 bits per heavy atom. The van der Waals surface area contributed by atoms with Crippen LogP contribution >= 0.6 is 15.9 Å². The van der Waals surface area contributed by atoms with Crippen molar-refractivity contribution < 1.29 is 28.2 Å². The number of ether oxygens (including phenoxy) is 2. The van der Waals surface area contributed by atoms with Crippen molar-refractivity contribution in [3.8, 4) is 5.75 Å². The number of hydrogen-bond acceptors (Lipinski definition) is 6. The Hall–Kier alpha value is -3.34. The monoisotopic (exact) mass is 573 g/mol. The molecule has 1 aliphatic rings. The molecule has 0 bridgehead atoms. The largest absolute Gasteiger partial charge is 0.494 e. The van der Waals surface area contributed by atoms with E-state index in [0.717, 1.165) is 22.2 Å². The van der Waals surface area contributed by atoms with Gasteiger partial charge >= 0.3 is 0 Å². The lowest BCUT2D eigenvalue weighted by atomic mass is 9.91. The zero-order valence-corrected chi connectivity index (χ0v) is 21.4. The summed E-state index contributed by atoms with van der Waals surface area (Å²) >= 11 is 3.53. The second kappa shape index (κ2) is 12.3. The number of halogens is 3. The number of nitrogens with one attached hydrogen (secondary N) is 2. The zero-order valence-electron chi connectivity index (χ0n) is 19.8. The van der Waals surface area contributed by atoms with Crippen LogP contribution in [0.25, 0.3) is 0 Å². The van der Waals surface area contributed by atoms with Gasteiger partial charge in [-0.15, -0.1) is 0 Å². The highest BCUT2D eigenvalue weighted by atomic mass is 79.9. The molecular formula is C27H26BrF2N3O4. The summed E-state index contributed by atoms with van der Waals surface area (Å²) in [5, 5.41) is 8.90. The van der Waals surface area contributed by atoms with Gasteiger partial charge in [-0.05, 0) is 53.6 Å². The molecule has 0 aromatic heterocycles. The summed E-state index contributed by atoms with van der Waals surface area (Å²) in [5.74, 6) is -1.35. The fourth-order valence-electron chi connectivity index (χ4n) is 3.78. The Bertz CT molecular complexity index is 1270. The second-order valence-corrected chi connectivity index (χ2v) is 9.37. The highest BCUT2D eigenvalue weighted by Crippen LogP contribution is 2.30. The van der Waals surface area contributed by atoms with Crippen molar-refractivity contribution in [2.75, 3.05) is 19.8 Å². The van der Waals surface area contributed by atoms with E-state index < -0.39 is 23.1 Å². The van der Waals surface area contributed by atoms with Gasteiger partial charge in [-0.2, -0.15) is 0 Å². The topological polar surface area (TPSA) is 92.2 Å². The van der Waals surface area contributed by atoms with Crippen molar-refractivity contribution in [3.05, 3.63) is 99.5 Å². The van der Waals surface area contributed by atoms with Gasteiger partial charge in [0.15, 0.2) is 17.2 Å². The molecule has 0 spiro atoms. The van der Waals surface area contributed by atoms with Gasteiger partial charge in [0, 0.05) is 36.0 Å². The molecule has 0 fully saturated rings. The molecule has 0 saturated heterocycles. The van der Waals surface area contributed by atoms with E-state index in [1.807, 2.05) is 24.3 Å². The van der Waals surface area contributed by atoms with Gasteiger partial charge in [-0.1, -0.05) is 40.2 Å². The van der Waals surface area contributed by atoms with E-state index >= 15 is 0 Å². The minimum atomic E-state index is -1.27. The smallest absolute Gasteiger partial charge is 0.266 e. The molecule has 3 aromatic carbocycles. The SMILES string of the molecule is O=C(NNCc1ccc(F)c(F)c1)[C@]1(Cc2ccccc2Br)COC(c2ccc(OCCCO)cc2)=N1. The third-order valence-corrected chi connectivity index (χ3v) is 6.55. The van der Waals surface area contributed by atoms with Crippen LogP contribution < -0.4 is 15.6 Å². The molecule has 1 atom stereocenters. The third kappa shape index (κ3) is 6.71. The minimum Gasteiger partial charge on any atom is -0.494 e. The maximum atomic E-state index is 13.5. The van der Waals surface area contributed by atoms with E-state index in [1.54, 1.807) is 24.3 Å². The Morgan fingerprint density at radius 3 is 2.62 bits per heavy atom. The third-order valence-electron chi connectivity index (χ3n) is 5.78. The van der Waals surface area contributed by atoms with E-state index in [1.165, 1.54) is 6.07 Å². The van der Waals surface area contributed by atoms with Gasteiger partial charge in [-0.25, -0.2) is 19.2 Å². The van der Waals surface area contributed by atoms with Crippen LogP contribution in [0.4, 0.5) is 8.78 Å². The molecule has 7 nitrogen and oxygen atoms in total. The van der Waals surface area contributed by atoms with E-state index in [-0.39, 0.29) is 26.2 Å². The molecule has 4 rings (SSSR count). The fourth-order valence-corrected chi connectivity index (χ4v) is 4.20. The predicted molar refractivity (Wildman–Crippen MR) is 138 cm³/mol. The first-order valence-electron chi connectivity index (χ1n) is 11.7. The first-order valence-corrected chi connectivity index (χ1v) is 12.5. The van der Waals surface area contributed by atoms with Crippen molar-refractivity contribution in [2.24, 2.45) is 4.99 Å². The molecular weight excluding hydrogens is 548 g/mol. The predicted octanol–water partition coefficient (Wildman–Crippen LogP) is 4.07. The van der Waals surface area contributed by atoms with Gasteiger partial charge in [-0.3, -0.25) is 10.2 Å². The first-order chi connectivity index (χ1) is 17.9. The Labute approximate surface area is 221 Å². The number of hydrogen-bond donors (Lipinski definition) is 3. The molecule has 0 unspecified atom stereocenters. The van der Waals surface area contributed by atoms with Crippen molar-refractivity contribution in [1.29, 1.82) is 0 Å². The molecule has 1 heterocycles. The maximum absolute atomic E-state index is 13.5. The van der Waals surface area contributed by atoms with Crippen LogP contribution in [0.15, 0.2) is 76.2 Å². The number of rotatable bonds is 11. The number of aliphatic hydroxyl groups excluding tert-OH is 1. The molecule has 1 aliphatic heterocycles. The Balaban J connectivity index is 1.52. The average molecular weight is 574 g/mol. The van der Waals surface area contributed by atoms with Gasteiger partial charge in [0.05, 0.1) is 6.61 Å². The molecule has 3 aromatic rings. The number of amides is 1. The number of carbonyl (C=O) groups is 1. The molecule has 194 valence electrons. The van der Waals surface area contributed by atoms with Gasteiger partial charge < -0.3 is 14.6 Å². The normalized spacial score (nSPS) is 16.7. The number of aliphatic hydroxyl groups is 1. The minimum absolute atomic E-state index is 0.0110. The summed E-state index contributed by atoms with van der Waals surface area (Å²) in [6.07, 6.45) is 0.799. The number of nitrogens with zero attached hydrogens (tertiary/aromatic N) is 1. The number of hydrazine groups is 1. The Kier molecular flexibility index (Phi) is 8.86. The lowest BCUT2D eigenvalue weighted by molar-refractivity contribution is -0.127. The van der Waals surface area contributed by atoms with Crippen LogP contribution in [0.5, 0.6) is 5.75 Å². The first kappa shape index (κ1) is 26.7. The molecule has 10 heteroatoms. The molecule has 3 N–H and O–H groups in total. The summed E-state index contributed by atoms with van der Waals surface area (Å²) in [7, 11) is 0. The summed E-state index contributed by atoms with van der Waals surface area (Å²) < 4.78 is 39.0. The van der Waals surface area contributed by atoms with Crippen LogP contribution in [0.2, 0.25) is 0 Å². The zero-order chi connectivity index (χ0) is 26.3. The average Bonchev–Trinajstić information content (AvgIpc) is 3.33. The lowest BCUT2D eigenvalue weighted by Crippen LogP contribution is -2.52. The summed E-state index contributed by atoms with van der Waals surface area (Å²) in [4.78, 5) is 18.1. The standard InChI is InChI=1S/C27H26BrF2N3O4/c28-22-5-2-1-4-20(22)15-27(26(35)33-31-16-18-6-11-23(29)24(30)14-18)17-37-25(32-27)19-7-9-21(10-8-19)36-13-3-12-34/h1-2,4-11,14,31,34H,3,12-13,15-17H2,(H,33,35)/t27-/m0/s1. The van der Waals surface area contributed by atoms with Crippen LogP contribution in [-0.4, -0.2) is 42.3 Å². The maximum Gasteiger partial charge on any atom is 0.266 e. The Morgan fingerprint density at radius 1 is 1.11 bits per heavy atom. The fraction of sp³-hybridized carbons (Fsp3) is 0.259. The van der Waals surface area contributed by atoms with E-state index in [9.17, 15) is 13.6 Å². The number of aliphatic imine (C=N–C) groups is 1. The summed E-state index contributed by atoms with van der Waals surface area (Å²) in [6.45, 7) is 0.556. The lowest BCUT2D eigenvalue weighted by Gasteiger charge is -2.24. The molecule has 0 saturated carbocycles. The molecule has 37 heavy (non-hydrogen) atoms. The highest BCUT2D eigenvalue weighted by Gasteiger charge is 2.45. The molecule has 1 amide bonds. The van der Waals surface area contributed by atoms with Crippen molar-refractivity contribution in [1.82, 2.24) is 10.9 Å². The number of carbonyl (C=O) groups excluding carboxylic acids is 1. The van der Waals surface area contributed by atoms with Crippen LogP contribution in [0.1, 0.15) is 23.1 Å². The number of benzene rings is 3. The highest BCUT2D eigenvalue weighted by molar-refractivity contribution is 9.10. The van der Waals surface area contributed by atoms with Gasteiger partial charge in [0.1, 0.15) is 12.4 Å². The quantitative estimate of drug-likeness (QED) is 0.237. The summed E-state index contributed by atoms with van der Waals surface area (Å²) in [5.41, 5.74) is 6.19. The van der Waals surface area contributed by atoms with Crippen LogP contribution in [0, 0.1) is 11.6 Å². The summed E-state index contributed by atoms with van der Waals surface area (Å²) in [6, 6.07) is 18.2. The van der Waals surface area contributed by atoms with E-state index in [4.69, 9.17) is 19.6 Å².